The van der Waals surface area contributed by atoms with Crippen LogP contribution in [0.3, 0.4) is 0 Å². The fraction of sp³-hybridized carbons (Fsp3) is 0.875. The number of carboxylic acid groups (broad SMARTS) is 1. The number of carbonyl (C=O) groups is 1. The van der Waals surface area contributed by atoms with Crippen molar-refractivity contribution in [2.24, 2.45) is 5.41 Å². The minimum Gasteiger partial charge on any atom is -0.477 e. The van der Waals surface area contributed by atoms with Gasteiger partial charge in [-0.15, -0.1) is 0 Å². The zero-order chi connectivity index (χ0) is 21.1. The second-order valence-corrected chi connectivity index (χ2v) is 4.28. The second-order valence-electron chi connectivity index (χ2n) is 4.28. The molecule has 1 N–H and O–H groups in total. The normalized spacial score (nSPS) is 16.1. The molecule has 0 aromatic rings. The molecule has 0 aliphatic heterocycles. The second kappa shape index (κ2) is 5.46. The summed E-state index contributed by atoms with van der Waals surface area (Å²) in [4.78, 5) is 10.0. The lowest BCUT2D eigenvalue weighted by Crippen LogP contribution is -2.80. The SMILES string of the molecule is O=C(O)C(F)(F)C(C(F)(F)F)(C(F)(F)F)C(F)(C(F)(F)F)C(F)(F)F. The summed E-state index contributed by atoms with van der Waals surface area (Å²) in [7, 11) is 0. The Kier molecular flexibility index (Phi) is 5.11. The lowest BCUT2D eigenvalue weighted by atomic mass is 9.65. The molecule has 0 aliphatic rings. The molecule has 0 rings (SSSR count). The zero-order valence-corrected chi connectivity index (χ0v) is 10.5. The van der Waals surface area contributed by atoms with E-state index in [9.17, 15) is 70.7 Å². The number of carboxylic acids is 1. The first kappa shape index (κ1) is 23.4. The average Bonchev–Trinajstić information content (AvgIpc) is 2.20. The van der Waals surface area contributed by atoms with Gasteiger partial charge in [0.2, 0.25) is 0 Å². The van der Waals surface area contributed by atoms with Crippen LogP contribution >= 0.6 is 0 Å². The van der Waals surface area contributed by atoms with Crippen molar-refractivity contribution >= 4 is 5.97 Å². The van der Waals surface area contributed by atoms with Crippen LogP contribution in [0.2, 0.25) is 0 Å². The molecule has 0 bridgehead atoms. The summed E-state index contributed by atoms with van der Waals surface area (Å²) in [6.45, 7) is 0. The Morgan fingerprint density at radius 3 is 0.880 bits per heavy atom. The van der Waals surface area contributed by atoms with E-state index in [0.29, 0.717) is 0 Å². The van der Waals surface area contributed by atoms with E-state index in [1.807, 2.05) is 0 Å². The van der Waals surface area contributed by atoms with Gasteiger partial charge in [0, 0.05) is 0 Å². The molecular weight excluding hydrogens is 413 g/mol. The first-order chi connectivity index (χ1) is 10.4. The van der Waals surface area contributed by atoms with Crippen LogP contribution in [0.5, 0.6) is 0 Å². The first-order valence-electron chi connectivity index (χ1n) is 5.01. The van der Waals surface area contributed by atoms with Gasteiger partial charge < -0.3 is 5.11 Å². The lowest BCUT2D eigenvalue weighted by Gasteiger charge is -2.49. The molecule has 0 atom stereocenters. The Balaban J connectivity index is 7.79. The van der Waals surface area contributed by atoms with Crippen molar-refractivity contribution in [2.75, 3.05) is 0 Å². The van der Waals surface area contributed by atoms with Gasteiger partial charge in [-0.2, -0.15) is 61.5 Å². The number of hydrogen-bond donors (Lipinski definition) is 1. The highest BCUT2D eigenvalue weighted by atomic mass is 19.4. The average molecular weight is 414 g/mol. The minimum absolute atomic E-state index is 4.72. The van der Waals surface area contributed by atoms with Crippen LogP contribution in [-0.4, -0.2) is 47.4 Å². The van der Waals surface area contributed by atoms with Crippen molar-refractivity contribution in [3.05, 3.63) is 0 Å². The van der Waals surface area contributed by atoms with E-state index < -0.39 is 47.7 Å². The third kappa shape index (κ3) is 2.74. The van der Waals surface area contributed by atoms with Gasteiger partial charge in [0.15, 0.2) is 0 Å². The van der Waals surface area contributed by atoms with E-state index in [1.165, 1.54) is 0 Å². The van der Waals surface area contributed by atoms with E-state index in [0.717, 1.165) is 0 Å². The quantitative estimate of drug-likeness (QED) is 0.683. The molecule has 0 unspecified atom stereocenters. The standard InChI is InChI=1S/C8HF15O2/c9-2(10,1(24)25)3(5(12,13)14,6(15,16)17)4(11,7(18,19)20)8(21,22)23/h(H,24,25). The number of halogens is 15. The molecule has 150 valence electrons. The van der Waals surface area contributed by atoms with Gasteiger partial charge in [0.1, 0.15) is 0 Å². The third-order valence-corrected chi connectivity index (χ3v) is 2.89. The zero-order valence-electron chi connectivity index (χ0n) is 10.5. The molecule has 0 heterocycles. The highest BCUT2D eigenvalue weighted by Gasteiger charge is 3.02. The minimum atomic E-state index is -8.76. The maximum atomic E-state index is 13.5. The molecule has 0 aromatic carbocycles. The largest absolute Gasteiger partial charge is 0.477 e. The molecule has 0 radical (unpaired) electrons. The summed E-state index contributed by atoms with van der Waals surface area (Å²) >= 11 is 0. The summed E-state index contributed by atoms with van der Waals surface area (Å²) in [6, 6.07) is 0. The molecule has 25 heavy (non-hydrogen) atoms. The van der Waals surface area contributed by atoms with E-state index in [-0.39, 0.29) is 0 Å². The predicted molar refractivity (Wildman–Crippen MR) is 43.1 cm³/mol. The maximum Gasteiger partial charge on any atom is 0.433 e. The summed E-state index contributed by atoms with van der Waals surface area (Å²) < 4.78 is 189. The number of hydrogen-bond acceptors (Lipinski definition) is 1. The highest BCUT2D eigenvalue weighted by Crippen LogP contribution is 2.72. The van der Waals surface area contributed by atoms with Crippen LogP contribution < -0.4 is 0 Å². The van der Waals surface area contributed by atoms with Gasteiger partial charge in [-0.25, -0.2) is 9.18 Å². The van der Waals surface area contributed by atoms with Gasteiger partial charge in [0.25, 0.3) is 5.41 Å². The predicted octanol–water partition coefficient (Wildman–Crippen LogP) is 4.65. The van der Waals surface area contributed by atoms with E-state index in [4.69, 9.17) is 5.11 Å². The van der Waals surface area contributed by atoms with Gasteiger partial charge in [0.05, 0.1) is 0 Å². The molecule has 0 amide bonds. The molecule has 0 aliphatic carbocycles. The monoisotopic (exact) mass is 414 g/mol. The van der Waals surface area contributed by atoms with Gasteiger partial charge >= 0.3 is 42.3 Å². The van der Waals surface area contributed by atoms with Crippen LogP contribution in [0.15, 0.2) is 0 Å². The van der Waals surface area contributed by atoms with Crippen molar-refractivity contribution in [3.63, 3.8) is 0 Å². The van der Waals surface area contributed by atoms with E-state index in [1.54, 1.807) is 0 Å². The van der Waals surface area contributed by atoms with Crippen LogP contribution in [0.1, 0.15) is 0 Å². The van der Waals surface area contributed by atoms with E-state index in [2.05, 4.69) is 0 Å². The number of rotatable bonds is 3. The van der Waals surface area contributed by atoms with Crippen LogP contribution in [0.4, 0.5) is 65.9 Å². The van der Waals surface area contributed by atoms with Crippen molar-refractivity contribution in [1.29, 1.82) is 0 Å². The Labute approximate surface area is 125 Å². The van der Waals surface area contributed by atoms with Gasteiger partial charge in [-0.05, 0) is 0 Å². The van der Waals surface area contributed by atoms with Crippen molar-refractivity contribution in [2.45, 2.75) is 36.3 Å². The van der Waals surface area contributed by atoms with Gasteiger partial charge in [-0.3, -0.25) is 0 Å². The molecule has 0 fully saturated rings. The molecule has 0 saturated heterocycles. The van der Waals surface area contributed by atoms with Gasteiger partial charge in [-0.1, -0.05) is 0 Å². The number of aliphatic carboxylic acids is 1. The maximum absolute atomic E-state index is 13.5. The fourth-order valence-corrected chi connectivity index (χ4v) is 1.87. The topological polar surface area (TPSA) is 37.3 Å². The van der Waals surface area contributed by atoms with Crippen molar-refractivity contribution in [1.82, 2.24) is 0 Å². The molecule has 0 spiro atoms. The fourth-order valence-electron chi connectivity index (χ4n) is 1.87. The van der Waals surface area contributed by atoms with Crippen LogP contribution in [0, 0.1) is 5.41 Å². The molecule has 0 saturated carbocycles. The Bertz CT molecular complexity index is 490. The Hall–Kier alpha value is -1.58. The lowest BCUT2D eigenvalue weighted by molar-refractivity contribution is -0.496. The smallest absolute Gasteiger partial charge is 0.433 e. The molecular formula is C8HF15O2. The molecule has 17 heteroatoms. The van der Waals surface area contributed by atoms with Crippen molar-refractivity contribution < 1.29 is 75.8 Å². The Morgan fingerprint density at radius 1 is 0.520 bits per heavy atom. The van der Waals surface area contributed by atoms with E-state index >= 15 is 0 Å². The summed E-state index contributed by atoms with van der Waals surface area (Å²) in [5.74, 6) is -12.7. The third-order valence-electron chi connectivity index (χ3n) is 2.89. The molecule has 0 aromatic heterocycles. The summed E-state index contributed by atoms with van der Waals surface area (Å²) in [5.41, 5.74) is -17.5. The summed E-state index contributed by atoms with van der Waals surface area (Å²) in [6.07, 6.45) is -33.4. The highest BCUT2D eigenvalue weighted by molar-refractivity contribution is 5.77. The number of alkyl halides is 15. The van der Waals surface area contributed by atoms with Crippen molar-refractivity contribution in [3.8, 4) is 0 Å². The van der Waals surface area contributed by atoms with Crippen LogP contribution in [0.25, 0.3) is 0 Å². The Morgan fingerprint density at radius 2 is 0.760 bits per heavy atom. The summed E-state index contributed by atoms with van der Waals surface area (Å²) in [5, 5.41) is 7.75. The van der Waals surface area contributed by atoms with Crippen LogP contribution in [-0.2, 0) is 4.79 Å². The molecule has 2 nitrogen and oxygen atoms in total. The first-order valence-corrected chi connectivity index (χ1v) is 5.01.